The fourth-order valence-corrected chi connectivity index (χ4v) is 0.930. The molecular weight excluding hydrogens is 211 g/mol. The summed E-state index contributed by atoms with van der Waals surface area (Å²) in [6, 6.07) is 2.95. The lowest BCUT2D eigenvalue weighted by Crippen LogP contribution is -2.12. The van der Waals surface area contributed by atoms with Gasteiger partial charge < -0.3 is 5.73 Å². The number of hydrogen-bond acceptors (Lipinski definition) is 2. The van der Waals surface area contributed by atoms with E-state index in [1.807, 2.05) is 0 Å². The highest BCUT2D eigenvalue weighted by atomic mass is 79.9. The van der Waals surface area contributed by atoms with E-state index in [1.54, 1.807) is 18.3 Å². The number of rotatable bonds is 2. The molecule has 0 radical (unpaired) electrons. The van der Waals surface area contributed by atoms with Crippen molar-refractivity contribution in [3.63, 3.8) is 0 Å². The van der Waals surface area contributed by atoms with Crippen molar-refractivity contribution in [2.75, 3.05) is 6.67 Å². The zero-order valence-electron chi connectivity index (χ0n) is 5.80. The van der Waals surface area contributed by atoms with Crippen LogP contribution in [0.1, 0.15) is 11.6 Å². The lowest BCUT2D eigenvalue weighted by atomic mass is 10.1. The molecule has 0 bridgehead atoms. The zero-order chi connectivity index (χ0) is 8.27. The van der Waals surface area contributed by atoms with Crippen LogP contribution in [-0.2, 0) is 0 Å². The van der Waals surface area contributed by atoms with Crippen molar-refractivity contribution in [3.8, 4) is 0 Å². The second kappa shape index (κ2) is 3.78. The Morgan fingerprint density at radius 1 is 1.64 bits per heavy atom. The Bertz CT molecular complexity index is 224. The van der Waals surface area contributed by atoms with Crippen LogP contribution < -0.4 is 5.73 Å². The van der Waals surface area contributed by atoms with Crippen molar-refractivity contribution >= 4 is 15.9 Å². The van der Waals surface area contributed by atoms with E-state index in [1.165, 1.54) is 0 Å². The average Bonchev–Trinajstić information content (AvgIpc) is 2.05. The fraction of sp³-hybridized carbons (Fsp3) is 0.286. The van der Waals surface area contributed by atoms with Gasteiger partial charge in [0, 0.05) is 6.20 Å². The van der Waals surface area contributed by atoms with Gasteiger partial charge in [-0.1, -0.05) is 6.07 Å². The molecule has 2 N–H and O–H groups in total. The first kappa shape index (κ1) is 8.62. The number of nitrogens with zero attached hydrogens (tertiary/aromatic N) is 1. The van der Waals surface area contributed by atoms with Crippen LogP contribution in [0.4, 0.5) is 4.39 Å². The number of pyridine rings is 1. The summed E-state index contributed by atoms with van der Waals surface area (Å²) in [4.78, 5) is 3.92. The average molecular weight is 219 g/mol. The summed E-state index contributed by atoms with van der Waals surface area (Å²) in [6.07, 6.45) is 1.56. The van der Waals surface area contributed by atoms with Crippen LogP contribution in [0, 0.1) is 0 Å². The van der Waals surface area contributed by atoms with E-state index in [4.69, 9.17) is 5.73 Å². The fourth-order valence-electron chi connectivity index (χ4n) is 0.696. The van der Waals surface area contributed by atoms with Crippen LogP contribution in [-0.4, -0.2) is 11.7 Å². The maximum Gasteiger partial charge on any atom is 0.109 e. The Morgan fingerprint density at radius 3 is 2.82 bits per heavy atom. The maximum absolute atomic E-state index is 12.0. The highest BCUT2D eigenvalue weighted by Crippen LogP contribution is 2.12. The minimum Gasteiger partial charge on any atom is -0.322 e. The highest BCUT2D eigenvalue weighted by molar-refractivity contribution is 9.10. The number of aromatic nitrogens is 1. The first-order chi connectivity index (χ1) is 5.24. The molecule has 11 heavy (non-hydrogen) atoms. The number of halogens is 2. The normalized spacial score (nSPS) is 13.0. The Morgan fingerprint density at radius 2 is 2.36 bits per heavy atom. The SMILES string of the molecule is N[C@@H](CF)c1ccc(Br)nc1. The van der Waals surface area contributed by atoms with Gasteiger partial charge in [-0.05, 0) is 27.6 Å². The van der Waals surface area contributed by atoms with Gasteiger partial charge in [0.25, 0.3) is 0 Å². The van der Waals surface area contributed by atoms with Crippen LogP contribution in [0.5, 0.6) is 0 Å². The third-order valence-electron chi connectivity index (χ3n) is 1.34. The largest absolute Gasteiger partial charge is 0.322 e. The molecule has 1 aromatic rings. The topological polar surface area (TPSA) is 38.9 Å². The van der Waals surface area contributed by atoms with E-state index in [9.17, 15) is 4.39 Å². The monoisotopic (exact) mass is 218 g/mol. The Labute approximate surface area is 72.8 Å². The molecule has 1 aromatic heterocycles. The smallest absolute Gasteiger partial charge is 0.109 e. The van der Waals surface area contributed by atoms with Crippen LogP contribution in [0.3, 0.4) is 0 Å². The quantitative estimate of drug-likeness (QED) is 0.770. The first-order valence-corrected chi connectivity index (χ1v) is 3.96. The summed E-state index contributed by atoms with van der Waals surface area (Å²) in [5.41, 5.74) is 6.13. The number of alkyl halides is 1. The van der Waals surface area contributed by atoms with Gasteiger partial charge in [-0.3, -0.25) is 0 Å². The molecular formula is C7H8BrFN2. The third-order valence-corrected chi connectivity index (χ3v) is 1.81. The van der Waals surface area contributed by atoms with Gasteiger partial charge in [0.15, 0.2) is 0 Å². The van der Waals surface area contributed by atoms with Gasteiger partial charge in [0.05, 0.1) is 6.04 Å². The van der Waals surface area contributed by atoms with Crippen molar-refractivity contribution in [2.24, 2.45) is 5.73 Å². The number of hydrogen-bond donors (Lipinski definition) is 1. The predicted molar refractivity (Wildman–Crippen MR) is 44.8 cm³/mol. The lowest BCUT2D eigenvalue weighted by molar-refractivity contribution is 0.436. The first-order valence-electron chi connectivity index (χ1n) is 3.17. The molecule has 2 nitrogen and oxygen atoms in total. The minimum atomic E-state index is -0.552. The van der Waals surface area contributed by atoms with Gasteiger partial charge in [0.2, 0.25) is 0 Å². The van der Waals surface area contributed by atoms with E-state index < -0.39 is 12.7 Å². The Hall–Kier alpha value is -0.480. The van der Waals surface area contributed by atoms with Crippen LogP contribution >= 0.6 is 15.9 Å². The van der Waals surface area contributed by atoms with Crippen molar-refractivity contribution in [1.29, 1.82) is 0 Å². The molecule has 0 aliphatic carbocycles. The predicted octanol–water partition coefficient (Wildman–Crippen LogP) is 1.81. The summed E-state index contributed by atoms with van der Waals surface area (Å²) in [5.74, 6) is 0. The van der Waals surface area contributed by atoms with Crippen molar-refractivity contribution in [1.82, 2.24) is 4.98 Å². The molecule has 1 atom stereocenters. The van der Waals surface area contributed by atoms with Crippen LogP contribution in [0.2, 0.25) is 0 Å². The van der Waals surface area contributed by atoms with Gasteiger partial charge in [-0.25, -0.2) is 9.37 Å². The summed E-state index contributed by atoms with van der Waals surface area (Å²) in [5, 5.41) is 0. The molecule has 0 spiro atoms. The van der Waals surface area contributed by atoms with Crippen molar-refractivity contribution in [3.05, 3.63) is 28.5 Å². The third kappa shape index (κ3) is 2.24. The molecule has 0 aliphatic rings. The molecule has 0 saturated carbocycles. The zero-order valence-corrected chi connectivity index (χ0v) is 7.38. The van der Waals surface area contributed by atoms with E-state index in [0.29, 0.717) is 0 Å². The molecule has 0 aromatic carbocycles. The standard InChI is InChI=1S/C7H8BrFN2/c8-7-2-1-5(4-11-7)6(10)3-9/h1-2,4,6H,3,10H2/t6-/m0/s1. The number of nitrogens with two attached hydrogens (primary N) is 1. The summed E-state index contributed by atoms with van der Waals surface area (Å²) >= 11 is 3.17. The molecule has 0 fully saturated rings. The Kier molecular flexibility index (Phi) is 2.96. The second-order valence-corrected chi connectivity index (χ2v) is 2.99. The molecule has 0 unspecified atom stereocenters. The summed E-state index contributed by atoms with van der Waals surface area (Å²) in [7, 11) is 0. The van der Waals surface area contributed by atoms with Gasteiger partial charge >= 0.3 is 0 Å². The summed E-state index contributed by atoms with van der Waals surface area (Å²) in [6.45, 7) is -0.552. The molecule has 1 heterocycles. The van der Waals surface area contributed by atoms with Gasteiger partial charge in [-0.15, -0.1) is 0 Å². The Balaban J connectivity index is 2.81. The molecule has 60 valence electrons. The van der Waals surface area contributed by atoms with E-state index in [0.717, 1.165) is 10.2 Å². The maximum atomic E-state index is 12.0. The van der Waals surface area contributed by atoms with Gasteiger partial charge in [-0.2, -0.15) is 0 Å². The van der Waals surface area contributed by atoms with Gasteiger partial charge in [0.1, 0.15) is 11.3 Å². The van der Waals surface area contributed by atoms with E-state index in [2.05, 4.69) is 20.9 Å². The van der Waals surface area contributed by atoms with Crippen molar-refractivity contribution < 1.29 is 4.39 Å². The minimum absolute atomic E-state index is 0.546. The van der Waals surface area contributed by atoms with Crippen LogP contribution in [0.15, 0.2) is 22.9 Å². The summed E-state index contributed by atoms with van der Waals surface area (Å²) < 4.78 is 12.7. The molecule has 0 aliphatic heterocycles. The van der Waals surface area contributed by atoms with Crippen molar-refractivity contribution in [2.45, 2.75) is 6.04 Å². The van der Waals surface area contributed by atoms with E-state index in [-0.39, 0.29) is 0 Å². The molecule has 1 rings (SSSR count). The lowest BCUT2D eigenvalue weighted by Gasteiger charge is -2.05. The molecule has 4 heteroatoms. The highest BCUT2D eigenvalue weighted by Gasteiger charge is 2.03. The van der Waals surface area contributed by atoms with E-state index >= 15 is 0 Å². The molecule has 0 saturated heterocycles. The second-order valence-electron chi connectivity index (χ2n) is 2.18. The van der Waals surface area contributed by atoms with Crippen LogP contribution in [0.25, 0.3) is 0 Å². The molecule has 0 amide bonds.